The van der Waals surface area contributed by atoms with E-state index in [4.69, 9.17) is 4.74 Å². The van der Waals surface area contributed by atoms with Gasteiger partial charge < -0.3 is 9.30 Å². The number of carbonyl (C=O) groups is 1. The molecule has 1 aromatic heterocycles. The fourth-order valence-corrected chi connectivity index (χ4v) is 2.74. The van der Waals surface area contributed by atoms with E-state index in [-0.39, 0.29) is 12.5 Å². The molecule has 3 nitrogen and oxygen atoms in total. The Morgan fingerprint density at radius 2 is 2.05 bits per heavy atom. The van der Waals surface area contributed by atoms with Crippen LogP contribution in [-0.2, 0) is 16.1 Å². The molecule has 0 aromatic carbocycles. The second-order valence-electron chi connectivity index (χ2n) is 6.25. The highest BCUT2D eigenvalue weighted by Crippen LogP contribution is 2.26. The van der Waals surface area contributed by atoms with Gasteiger partial charge >= 0.3 is 5.97 Å². The first-order valence-electron chi connectivity index (χ1n) is 7.45. The van der Waals surface area contributed by atoms with E-state index < -0.39 is 5.60 Å². The molecular weight excluding hydrogens is 342 g/mol. The van der Waals surface area contributed by atoms with Crippen molar-refractivity contribution in [2.75, 3.05) is 0 Å². The summed E-state index contributed by atoms with van der Waals surface area (Å²) in [6, 6.07) is 4.00. The molecule has 1 aliphatic carbocycles. The van der Waals surface area contributed by atoms with Gasteiger partial charge in [0.1, 0.15) is 12.1 Å². The number of rotatable bonds is 3. The third-order valence-corrected chi connectivity index (χ3v) is 3.87. The van der Waals surface area contributed by atoms with Crippen molar-refractivity contribution >= 4 is 27.5 Å². The first kappa shape index (κ1) is 16.8. The molecule has 0 fully saturated rings. The third-order valence-electron chi connectivity index (χ3n) is 3.17. The van der Waals surface area contributed by atoms with Crippen molar-refractivity contribution in [1.82, 2.24) is 4.57 Å². The third kappa shape index (κ3) is 4.73. The summed E-state index contributed by atoms with van der Waals surface area (Å²) in [5.74, 6) is -0.233. The molecule has 22 heavy (non-hydrogen) atoms. The largest absolute Gasteiger partial charge is 0.459 e. The summed E-state index contributed by atoms with van der Waals surface area (Å²) in [5, 5.41) is 0. The van der Waals surface area contributed by atoms with Crippen LogP contribution in [0.25, 0.3) is 5.57 Å². The monoisotopic (exact) mass is 363 g/mol. The molecular formula is C18H22BrNO2. The standard InChI is InChI=1S/C18H22BrNO2/c1-18(2,3)22-17(21)13-20-15(11-12-16(20)19)14-9-7-5-4-6-8-10-14/h5-9,11-12H,4,10,13H2,1-3H3/b7-5?,8-6-,14-9+. The van der Waals surface area contributed by atoms with Gasteiger partial charge in [0.2, 0.25) is 0 Å². The van der Waals surface area contributed by atoms with E-state index >= 15 is 0 Å². The first-order valence-corrected chi connectivity index (χ1v) is 8.24. The van der Waals surface area contributed by atoms with E-state index in [1.165, 1.54) is 5.57 Å². The summed E-state index contributed by atoms with van der Waals surface area (Å²) in [7, 11) is 0. The van der Waals surface area contributed by atoms with Gasteiger partial charge in [0.15, 0.2) is 0 Å². The van der Waals surface area contributed by atoms with Crippen LogP contribution >= 0.6 is 15.9 Å². The van der Waals surface area contributed by atoms with Crippen LogP contribution in [0.1, 0.15) is 39.3 Å². The highest BCUT2D eigenvalue weighted by molar-refractivity contribution is 9.10. The topological polar surface area (TPSA) is 31.2 Å². The molecule has 0 amide bonds. The maximum Gasteiger partial charge on any atom is 0.326 e. The Kier molecular flexibility index (Phi) is 5.46. The lowest BCUT2D eigenvalue weighted by Gasteiger charge is -2.21. The Morgan fingerprint density at radius 1 is 1.27 bits per heavy atom. The number of ether oxygens (including phenoxy) is 1. The van der Waals surface area contributed by atoms with Gasteiger partial charge in [-0.1, -0.05) is 30.4 Å². The number of aromatic nitrogens is 1. The van der Waals surface area contributed by atoms with E-state index in [9.17, 15) is 4.79 Å². The maximum atomic E-state index is 12.1. The van der Waals surface area contributed by atoms with Crippen molar-refractivity contribution in [3.8, 4) is 0 Å². The minimum absolute atomic E-state index is 0.199. The number of esters is 1. The molecule has 1 aromatic rings. The summed E-state index contributed by atoms with van der Waals surface area (Å²) in [6.45, 7) is 5.83. The van der Waals surface area contributed by atoms with E-state index in [0.717, 1.165) is 23.1 Å². The average Bonchev–Trinajstić information content (AvgIpc) is 2.69. The van der Waals surface area contributed by atoms with Crippen LogP contribution in [0.3, 0.4) is 0 Å². The SMILES string of the molecule is CC(C)(C)OC(=O)Cn1c(Br)ccc1/C1=C/C=CC/C=C\C1. The number of nitrogens with zero attached hydrogens (tertiary/aromatic N) is 1. The fraction of sp³-hybridized carbons (Fsp3) is 0.389. The zero-order valence-corrected chi connectivity index (χ0v) is 14.9. The molecule has 0 unspecified atom stereocenters. The molecule has 0 aliphatic heterocycles. The minimum atomic E-state index is -0.470. The van der Waals surface area contributed by atoms with Crippen molar-refractivity contribution in [1.29, 1.82) is 0 Å². The molecule has 0 atom stereocenters. The quantitative estimate of drug-likeness (QED) is 0.565. The molecule has 0 spiro atoms. The Hall–Kier alpha value is -1.55. The van der Waals surface area contributed by atoms with Crippen molar-refractivity contribution < 1.29 is 9.53 Å². The fourth-order valence-electron chi connectivity index (χ4n) is 2.29. The van der Waals surface area contributed by atoms with Crippen LogP contribution in [0.4, 0.5) is 0 Å². The molecule has 0 saturated heterocycles. The Balaban J connectivity index is 2.24. The molecule has 1 aliphatic rings. The molecule has 0 saturated carbocycles. The van der Waals surface area contributed by atoms with Crippen LogP contribution in [0.5, 0.6) is 0 Å². The summed E-state index contributed by atoms with van der Waals surface area (Å²) in [4.78, 5) is 12.1. The number of carbonyl (C=O) groups excluding carboxylic acids is 1. The molecule has 1 heterocycles. The highest BCUT2D eigenvalue weighted by atomic mass is 79.9. The first-order chi connectivity index (χ1) is 10.4. The van der Waals surface area contributed by atoms with Gasteiger partial charge in [-0.25, -0.2) is 0 Å². The zero-order valence-electron chi connectivity index (χ0n) is 13.3. The van der Waals surface area contributed by atoms with Crippen LogP contribution in [-0.4, -0.2) is 16.1 Å². The lowest BCUT2D eigenvalue weighted by atomic mass is 10.1. The number of hydrogen-bond donors (Lipinski definition) is 0. The van der Waals surface area contributed by atoms with E-state index in [1.54, 1.807) is 0 Å². The molecule has 0 N–H and O–H groups in total. The second-order valence-corrected chi connectivity index (χ2v) is 7.06. The number of hydrogen-bond acceptors (Lipinski definition) is 2. The van der Waals surface area contributed by atoms with Gasteiger partial charge in [-0.3, -0.25) is 4.79 Å². The smallest absolute Gasteiger partial charge is 0.326 e. The molecule has 118 valence electrons. The van der Waals surface area contributed by atoms with Crippen molar-refractivity contribution in [3.05, 3.63) is 52.8 Å². The molecule has 0 bridgehead atoms. The van der Waals surface area contributed by atoms with E-state index in [1.807, 2.05) is 37.5 Å². The lowest BCUT2D eigenvalue weighted by molar-refractivity contribution is -0.155. The van der Waals surface area contributed by atoms with Crippen molar-refractivity contribution in [3.63, 3.8) is 0 Å². The van der Waals surface area contributed by atoms with Gasteiger partial charge in [-0.15, -0.1) is 0 Å². The Morgan fingerprint density at radius 3 is 2.77 bits per heavy atom. The number of allylic oxidation sites excluding steroid dienone is 6. The summed E-state index contributed by atoms with van der Waals surface area (Å²) < 4.78 is 8.25. The highest BCUT2D eigenvalue weighted by Gasteiger charge is 2.19. The predicted octanol–water partition coefficient (Wildman–Crippen LogP) is 4.88. The maximum absolute atomic E-state index is 12.1. The Bertz CT molecular complexity index is 630. The molecule has 4 heteroatoms. The second kappa shape index (κ2) is 7.14. The summed E-state index contributed by atoms with van der Waals surface area (Å²) in [6.07, 6.45) is 12.4. The summed E-state index contributed by atoms with van der Waals surface area (Å²) >= 11 is 3.52. The van der Waals surface area contributed by atoms with Gasteiger partial charge in [0.05, 0.1) is 4.60 Å². The van der Waals surface area contributed by atoms with Gasteiger partial charge in [-0.05, 0) is 67.2 Å². The normalized spacial score (nSPS) is 19.0. The van der Waals surface area contributed by atoms with Gasteiger partial charge in [0.25, 0.3) is 0 Å². The average molecular weight is 364 g/mol. The Labute approximate surface area is 140 Å². The van der Waals surface area contributed by atoms with E-state index in [0.29, 0.717) is 0 Å². The van der Waals surface area contributed by atoms with Crippen molar-refractivity contribution in [2.45, 2.75) is 45.8 Å². The van der Waals surface area contributed by atoms with Crippen LogP contribution < -0.4 is 0 Å². The molecule has 2 rings (SSSR count). The van der Waals surface area contributed by atoms with Crippen LogP contribution in [0.2, 0.25) is 0 Å². The van der Waals surface area contributed by atoms with E-state index in [2.05, 4.69) is 46.3 Å². The number of halogens is 1. The zero-order chi connectivity index (χ0) is 16.2. The predicted molar refractivity (Wildman–Crippen MR) is 93.5 cm³/mol. The van der Waals surface area contributed by atoms with Crippen molar-refractivity contribution in [2.24, 2.45) is 0 Å². The lowest BCUT2D eigenvalue weighted by Crippen LogP contribution is -2.27. The minimum Gasteiger partial charge on any atom is -0.459 e. The van der Waals surface area contributed by atoms with Gasteiger partial charge in [0, 0.05) is 5.69 Å². The van der Waals surface area contributed by atoms with Crippen LogP contribution in [0, 0.1) is 0 Å². The molecule has 0 radical (unpaired) electrons. The van der Waals surface area contributed by atoms with Gasteiger partial charge in [-0.2, -0.15) is 0 Å². The van der Waals surface area contributed by atoms with Crippen LogP contribution in [0.15, 0.2) is 47.1 Å². The summed E-state index contributed by atoms with van der Waals surface area (Å²) in [5.41, 5.74) is 1.75.